The number of ether oxygens (including phenoxy) is 1. The van der Waals surface area contributed by atoms with Gasteiger partial charge >= 0.3 is 5.97 Å². The van der Waals surface area contributed by atoms with Gasteiger partial charge in [0, 0.05) is 5.56 Å². The van der Waals surface area contributed by atoms with Crippen LogP contribution in [0.25, 0.3) is 10.8 Å². The molecule has 0 spiro atoms. The number of benzene rings is 2. The Morgan fingerprint density at radius 3 is 2.38 bits per heavy atom. The standard InChI is InChI=1S/C17H21NO3/c1-5-12-10-15(17(19)21-4)16(11-18(2,3)20)14-9-7-6-8-13(12)14/h6-10H,5,11H2,1-4H3. The first-order chi connectivity index (χ1) is 9.87. The summed E-state index contributed by atoms with van der Waals surface area (Å²) >= 11 is 0. The fraction of sp³-hybridized carbons (Fsp3) is 0.353. The Balaban J connectivity index is 2.79. The van der Waals surface area contributed by atoms with Gasteiger partial charge in [-0.3, -0.25) is 0 Å². The van der Waals surface area contributed by atoms with Crippen molar-refractivity contribution in [1.29, 1.82) is 0 Å². The number of esters is 1. The van der Waals surface area contributed by atoms with E-state index in [4.69, 9.17) is 4.74 Å². The predicted molar refractivity (Wildman–Crippen MR) is 83.8 cm³/mol. The van der Waals surface area contributed by atoms with Crippen LogP contribution in [0, 0.1) is 5.21 Å². The highest BCUT2D eigenvalue weighted by atomic mass is 16.5. The molecule has 0 aromatic heterocycles. The molecule has 0 saturated heterocycles. The van der Waals surface area contributed by atoms with E-state index in [0.717, 1.165) is 28.3 Å². The second-order valence-electron chi connectivity index (χ2n) is 5.68. The van der Waals surface area contributed by atoms with E-state index in [1.807, 2.05) is 30.3 Å². The van der Waals surface area contributed by atoms with Gasteiger partial charge in [0.25, 0.3) is 0 Å². The largest absolute Gasteiger partial charge is 0.633 e. The Hall–Kier alpha value is -1.91. The van der Waals surface area contributed by atoms with E-state index in [1.54, 1.807) is 14.1 Å². The minimum atomic E-state index is -0.487. The molecule has 2 rings (SSSR count). The molecular formula is C17H21NO3. The molecule has 0 radical (unpaired) electrons. The molecule has 2 aromatic rings. The number of hydroxylamine groups is 3. The van der Waals surface area contributed by atoms with Gasteiger partial charge in [-0.05, 0) is 28.8 Å². The van der Waals surface area contributed by atoms with Crippen LogP contribution in [0.4, 0.5) is 0 Å². The monoisotopic (exact) mass is 287 g/mol. The number of hydrogen-bond acceptors (Lipinski definition) is 3. The molecule has 112 valence electrons. The Morgan fingerprint density at radius 2 is 1.86 bits per heavy atom. The van der Waals surface area contributed by atoms with Crippen LogP contribution in [0.5, 0.6) is 0 Å². The quantitative estimate of drug-likeness (QED) is 0.492. The van der Waals surface area contributed by atoms with Crippen LogP contribution in [-0.2, 0) is 17.7 Å². The van der Waals surface area contributed by atoms with Crippen molar-refractivity contribution in [2.45, 2.75) is 19.9 Å². The number of fused-ring (bicyclic) bond motifs is 1. The van der Waals surface area contributed by atoms with Gasteiger partial charge in [-0.15, -0.1) is 0 Å². The van der Waals surface area contributed by atoms with Gasteiger partial charge in [-0.1, -0.05) is 31.2 Å². The van der Waals surface area contributed by atoms with E-state index >= 15 is 0 Å². The second kappa shape index (κ2) is 5.84. The first kappa shape index (κ1) is 15.5. The van der Waals surface area contributed by atoms with Crippen molar-refractivity contribution in [1.82, 2.24) is 0 Å². The molecule has 2 aromatic carbocycles. The third-order valence-electron chi connectivity index (χ3n) is 3.57. The zero-order valence-corrected chi connectivity index (χ0v) is 13.0. The van der Waals surface area contributed by atoms with Crippen LogP contribution in [0.2, 0.25) is 0 Å². The Bertz CT molecular complexity index is 672. The average molecular weight is 287 g/mol. The number of nitrogens with zero attached hydrogens (tertiary/aromatic N) is 1. The summed E-state index contributed by atoms with van der Waals surface area (Å²) in [6.45, 7) is 2.28. The number of rotatable bonds is 4. The second-order valence-corrected chi connectivity index (χ2v) is 5.68. The maximum atomic E-state index is 12.1. The number of carbonyl (C=O) groups excluding carboxylic acids is 1. The zero-order chi connectivity index (χ0) is 15.6. The Kier molecular flexibility index (Phi) is 4.30. The molecule has 0 saturated carbocycles. The summed E-state index contributed by atoms with van der Waals surface area (Å²) in [6.07, 6.45) is 0.820. The topological polar surface area (TPSA) is 49.4 Å². The highest BCUT2D eigenvalue weighted by molar-refractivity contribution is 6.00. The lowest BCUT2D eigenvalue weighted by Gasteiger charge is -2.34. The summed E-state index contributed by atoms with van der Waals surface area (Å²) in [5, 5.41) is 14.2. The fourth-order valence-corrected chi connectivity index (χ4v) is 2.65. The normalized spacial score (nSPS) is 11.7. The van der Waals surface area contributed by atoms with Crippen LogP contribution in [-0.4, -0.2) is 31.8 Å². The van der Waals surface area contributed by atoms with Gasteiger partial charge in [0.1, 0.15) is 6.54 Å². The summed E-state index contributed by atoms with van der Waals surface area (Å²) in [4.78, 5) is 12.1. The van der Waals surface area contributed by atoms with Crippen molar-refractivity contribution >= 4 is 16.7 Å². The smallest absolute Gasteiger partial charge is 0.338 e. The SMILES string of the molecule is CCc1cc(C(=O)OC)c(C[N+](C)(C)[O-])c2ccccc12. The minimum Gasteiger partial charge on any atom is -0.633 e. The molecule has 0 aliphatic rings. The molecule has 0 atom stereocenters. The lowest BCUT2D eigenvalue weighted by molar-refractivity contribution is -0.853. The van der Waals surface area contributed by atoms with Crippen molar-refractivity contribution in [2.75, 3.05) is 21.2 Å². The summed E-state index contributed by atoms with van der Waals surface area (Å²) < 4.78 is 4.41. The van der Waals surface area contributed by atoms with Gasteiger partial charge < -0.3 is 14.6 Å². The van der Waals surface area contributed by atoms with Gasteiger partial charge in [0.2, 0.25) is 0 Å². The van der Waals surface area contributed by atoms with Crippen molar-refractivity contribution < 1.29 is 14.2 Å². The summed E-state index contributed by atoms with van der Waals surface area (Å²) in [6, 6.07) is 9.76. The Labute approximate surface area is 125 Å². The van der Waals surface area contributed by atoms with Gasteiger partial charge in [0.15, 0.2) is 0 Å². The molecule has 21 heavy (non-hydrogen) atoms. The highest BCUT2D eigenvalue weighted by Crippen LogP contribution is 2.29. The number of methoxy groups -OCH3 is 1. The Morgan fingerprint density at radius 1 is 1.24 bits per heavy atom. The summed E-state index contributed by atoms with van der Waals surface area (Å²) in [7, 11) is 4.51. The zero-order valence-electron chi connectivity index (χ0n) is 13.0. The molecule has 0 heterocycles. The van der Waals surface area contributed by atoms with Crippen LogP contribution in [0.3, 0.4) is 0 Å². The van der Waals surface area contributed by atoms with E-state index in [1.165, 1.54) is 7.11 Å². The molecule has 4 heteroatoms. The number of aryl methyl sites for hydroxylation is 1. The third-order valence-corrected chi connectivity index (χ3v) is 3.57. The fourth-order valence-electron chi connectivity index (χ4n) is 2.65. The lowest BCUT2D eigenvalue weighted by atomic mass is 9.93. The van der Waals surface area contributed by atoms with E-state index in [9.17, 15) is 10.0 Å². The first-order valence-corrected chi connectivity index (χ1v) is 7.03. The first-order valence-electron chi connectivity index (χ1n) is 7.03. The van der Waals surface area contributed by atoms with Gasteiger partial charge in [-0.25, -0.2) is 4.79 Å². The number of hydrogen-bond donors (Lipinski definition) is 0. The van der Waals surface area contributed by atoms with Crippen LogP contribution < -0.4 is 0 Å². The van der Waals surface area contributed by atoms with Gasteiger partial charge in [0.05, 0.1) is 26.8 Å². The van der Waals surface area contributed by atoms with Crippen molar-refractivity contribution in [3.63, 3.8) is 0 Å². The minimum absolute atomic E-state index is 0.231. The van der Waals surface area contributed by atoms with Crippen molar-refractivity contribution in [2.24, 2.45) is 0 Å². The molecule has 4 nitrogen and oxygen atoms in total. The summed E-state index contributed by atoms with van der Waals surface area (Å²) in [5.74, 6) is -0.390. The summed E-state index contributed by atoms with van der Waals surface area (Å²) in [5.41, 5.74) is 2.34. The number of carbonyl (C=O) groups is 1. The van der Waals surface area contributed by atoms with Crippen molar-refractivity contribution in [3.05, 3.63) is 52.2 Å². The maximum Gasteiger partial charge on any atom is 0.338 e. The molecule has 0 unspecified atom stereocenters. The maximum absolute atomic E-state index is 12.1. The molecule has 0 aliphatic heterocycles. The lowest BCUT2D eigenvalue weighted by Crippen LogP contribution is -2.32. The third kappa shape index (κ3) is 3.23. The molecule has 0 N–H and O–H groups in total. The van der Waals surface area contributed by atoms with Crippen molar-refractivity contribution in [3.8, 4) is 0 Å². The number of quaternary nitrogens is 1. The van der Waals surface area contributed by atoms with Crippen LogP contribution >= 0.6 is 0 Å². The predicted octanol–water partition coefficient (Wildman–Crippen LogP) is 3.26. The van der Waals surface area contributed by atoms with E-state index < -0.39 is 4.65 Å². The molecular weight excluding hydrogens is 266 g/mol. The van der Waals surface area contributed by atoms with E-state index in [-0.39, 0.29) is 12.5 Å². The molecule has 0 fully saturated rings. The molecule has 0 bridgehead atoms. The highest BCUT2D eigenvalue weighted by Gasteiger charge is 2.20. The van der Waals surface area contributed by atoms with Crippen LogP contribution in [0.15, 0.2) is 30.3 Å². The average Bonchev–Trinajstić information content (AvgIpc) is 2.45. The van der Waals surface area contributed by atoms with Crippen LogP contribution in [0.1, 0.15) is 28.4 Å². The van der Waals surface area contributed by atoms with Gasteiger partial charge in [-0.2, -0.15) is 0 Å². The van der Waals surface area contributed by atoms with E-state index in [2.05, 4.69) is 6.92 Å². The molecule has 0 amide bonds. The molecule has 0 aliphatic carbocycles. The van der Waals surface area contributed by atoms with E-state index in [0.29, 0.717) is 5.56 Å².